The number of hydrogen-bond acceptors (Lipinski definition) is 4. The molecule has 1 atom stereocenters. The number of benzene rings is 1. The van der Waals surface area contributed by atoms with Gasteiger partial charge in [-0.25, -0.2) is 0 Å². The summed E-state index contributed by atoms with van der Waals surface area (Å²) in [6.45, 7) is 3.46. The first kappa shape index (κ1) is 17.1. The molecule has 0 radical (unpaired) electrons. The highest BCUT2D eigenvalue weighted by atomic mass is 35.5. The zero-order valence-electron chi connectivity index (χ0n) is 12.8. The molecule has 0 amide bonds. The number of hydrogen-bond donors (Lipinski definition) is 0. The van der Waals surface area contributed by atoms with Gasteiger partial charge < -0.3 is 14.3 Å². The van der Waals surface area contributed by atoms with Crippen LogP contribution in [0.25, 0.3) is 0 Å². The first-order valence-corrected chi connectivity index (χ1v) is 7.91. The number of rotatable bonds is 6. The zero-order valence-corrected chi connectivity index (χ0v) is 14.3. The average molecular weight is 345 g/mol. The second-order valence-corrected chi connectivity index (χ2v) is 6.21. The molecule has 1 aliphatic heterocycles. The number of carbonyl (C=O) groups is 2. The van der Waals surface area contributed by atoms with E-state index in [1.54, 1.807) is 6.07 Å². The number of methoxy groups -OCH3 is 1. The van der Waals surface area contributed by atoms with Gasteiger partial charge in [0.2, 0.25) is 5.78 Å². The zero-order chi connectivity index (χ0) is 16.5. The van der Waals surface area contributed by atoms with Crippen molar-refractivity contribution in [1.29, 1.82) is 0 Å². The summed E-state index contributed by atoms with van der Waals surface area (Å²) in [4.78, 5) is 24.2. The molecule has 0 saturated heterocycles. The molecule has 1 aromatic carbocycles. The highest BCUT2D eigenvalue weighted by molar-refractivity contribution is 6.45. The van der Waals surface area contributed by atoms with Crippen molar-refractivity contribution in [2.75, 3.05) is 7.11 Å². The van der Waals surface area contributed by atoms with E-state index in [4.69, 9.17) is 32.7 Å². The van der Waals surface area contributed by atoms with Crippen molar-refractivity contribution in [2.45, 2.75) is 45.1 Å². The van der Waals surface area contributed by atoms with E-state index in [-0.39, 0.29) is 33.6 Å². The van der Waals surface area contributed by atoms with Gasteiger partial charge in [0.25, 0.3) is 0 Å². The first-order chi connectivity index (χ1) is 10.4. The molecule has 4 nitrogen and oxygen atoms in total. The Bertz CT molecular complexity index is 627. The summed E-state index contributed by atoms with van der Waals surface area (Å²) in [6.07, 6.45) is 1.88. The van der Waals surface area contributed by atoms with E-state index in [2.05, 4.69) is 0 Å². The maximum Gasteiger partial charge on any atom is 0.211 e. The van der Waals surface area contributed by atoms with Crippen molar-refractivity contribution in [2.24, 2.45) is 0 Å². The predicted octanol–water partition coefficient (Wildman–Crippen LogP) is 4.49. The fourth-order valence-corrected chi connectivity index (χ4v) is 3.24. The van der Waals surface area contributed by atoms with Crippen LogP contribution < -0.4 is 9.47 Å². The SMILES string of the molecule is CCCC1(CCC(C)=O)Oc2cc(OC)c(Cl)c(Cl)c2C1=O. The Morgan fingerprint density at radius 2 is 2.00 bits per heavy atom. The van der Waals surface area contributed by atoms with Gasteiger partial charge in [-0.1, -0.05) is 36.5 Å². The monoisotopic (exact) mass is 344 g/mol. The van der Waals surface area contributed by atoms with E-state index in [1.807, 2.05) is 6.92 Å². The van der Waals surface area contributed by atoms with Crippen LogP contribution in [0.2, 0.25) is 10.0 Å². The average Bonchev–Trinajstić information content (AvgIpc) is 2.74. The van der Waals surface area contributed by atoms with Crippen molar-refractivity contribution in [3.63, 3.8) is 0 Å². The summed E-state index contributed by atoms with van der Waals surface area (Å²) in [5, 5.41) is 0.334. The van der Waals surface area contributed by atoms with Gasteiger partial charge in [0, 0.05) is 18.9 Å². The maximum absolute atomic E-state index is 12.9. The minimum absolute atomic E-state index is 0.0181. The smallest absolute Gasteiger partial charge is 0.211 e. The van der Waals surface area contributed by atoms with Gasteiger partial charge in [-0.3, -0.25) is 4.79 Å². The van der Waals surface area contributed by atoms with Crippen LogP contribution in [0.1, 0.15) is 49.9 Å². The molecule has 0 saturated carbocycles. The third kappa shape index (κ3) is 2.82. The Hall–Kier alpha value is -1.26. The Labute approximate surface area is 139 Å². The largest absolute Gasteiger partial charge is 0.495 e. The fourth-order valence-electron chi connectivity index (χ4n) is 2.74. The summed E-state index contributed by atoms with van der Waals surface area (Å²) in [5.74, 6) is 0.537. The lowest BCUT2D eigenvalue weighted by Gasteiger charge is -2.26. The maximum atomic E-state index is 12.9. The molecule has 1 unspecified atom stereocenters. The second-order valence-electron chi connectivity index (χ2n) is 5.46. The third-order valence-corrected chi connectivity index (χ3v) is 4.69. The highest BCUT2D eigenvalue weighted by Crippen LogP contribution is 2.49. The van der Waals surface area contributed by atoms with E-state index in [0.29, 0.717) is 24.3 Å². The molecule has 2 rings (SSSR count). The molecule has 120 valence electrons. The quantitative estimate of drug-likeness (QED) is 0.763. The van der Waals surface area contributed by atoms with Gasteiger partial charge in [0.15, 0.2) is 5.60 Å². The summed E-state index contributed by atoms with van der Waals surface area (Å²) in [7, 11) is 1.47. The van der Waals surface area contributed by atoms with Crippen molar-refractivity contribution >= 4 is 34.8 Å². The standard InChI is InChI=1S/C16H18Cl2O4/c1-4-6-16(7-5-9(2)19)15(20)12-10(22-16)8-11(21-3)13(17)14(12)18/h8H,4-7H2,1-3H3. The van der Waals surface area contributed by atoms with Crippen LogP contribution in [0.4, 0.5) is 0 Å². The van der Waals surface area contributed by atoms with Gasteiger partial charge in [-0.15, -0.1) is 0 Å². The van der Waals surface area contributed by atoms with Gasteiger partial charge in [0.05, 0.1) is 17.7 Å². The molecule has 0 spiro atoms. The summed E-state index contributed by atoms with van der Waals surface area (Å²) < 4.78 is 11.1. The number of fused-ring (bicyclic) bond motifs is 1. The summed E-state index contributed by atoms with van der Waals surface area (Å²) >= 11 is 12.3. The number of halogens is 2. The predicted molar refractivity (Wildman–Crippen MR) is 85.5 cm³/mol. The molecule has 1 aliphatic rings. The van der Waals surface area contributed by atoms with E-state index in [1.165, 1.54) is 14.0 Å². The van der Waals surface area contributed by atoms with Crippen LogP contribution in [0.3, 0.4) is 0 Å². The van der Waals surface area contributed by atoms with E-state index in [0.717, 1.165) is 6.42 Å². The van der Waals surface area contributed by atoms with Crippen LogP contribution in [0, 0.1) is 0 Å². The summed E-state index contributed by atoms with van der Waals surface area (Å²) in [5.41, 5.74) is -0.758. The number of ether oxygens (including phenoxy) is 2. The van der Waals surface area contributed by atoms with Gasteiger partial charge in [0.1, 0.15) is 22.3 Å². The summed E-state index contributed by atoms with van der Waals surface area (Å²) in [6, 6.07) is 1.58. The Morgan fingerprint density at radius 1 is 1.32 bits per heavy atom. The first-order valence-electron chi connectivity index (χ1n) is 7.15. The number of ketones is 2. The van der Waals surface area contributed by atoms with Gasteiger partial charge in [-0.05, 0) is 13.3 Å². The highest BCUT2D eigenvalue weighted by Gasteiger charge is 2.48. The molecule has 0 fully saturated rings. The lowest BCUT2D eigenvalue weighted by atomic mass is 9.86. The molecule has 22 heavy (non-hydrogen) atoms. The van der Waals surface area contributed by atoms with Crippen molar-refractivity contribution in [3.05, 3.63) is 21.7 Å². The molecular formula is C16H18Cl2O4. The lowest BCUT2D eigenvalue weighted by Crippen LogP contribution is -2.40. The molecule has 1 heterocycles. The normalized spacial score (nSPS) is 19.8. The van der Waals surface area contributed by atoms with Crippen LogP contribution in [0.5, 0.6) is 11.5 Å². The second kappa shape index (κ2) is 6.47. The van der Waals surface area contributed by atoms with Crippen LogP contribution in [-0.2, 0) is 4.79 Å². The van der Waals surface area contributed by atoms with Crippen molar-refractivity contribution in [3.8, 4) is 11.5 Å². The minimum atomic E-state index is -1.04. The third-order valence-electron chi connectivity index (χ3n) is 3.84. The van der Waals surface area contributed by atoms with E-state index in [9.17, 15) is 9.59 Å². The molecular weight excluding hydrogens is 327 g/mol. The molecule has 0 N–H and O–H groups in total. The van der Waals surface area contributed by atoms with Crippen LogP contribution in [0.15, 0.2) is 6.07 Å². The Morgan fingerprint density at radius 3 is 2.55 bits per heavy atom. The van der Waals surface area contributed by atoms with Crippen LogP contribution in [-0.4, -0.2) is 24.3 Å². The molecule has 0 bridgehead atoms. The minimum Gasteiger partial charge on any atom is -0.495 e. The molecule has 1 aromatic rings. The molecule has 0 aliphatic carbocycles. The van der Waals surface area contributed by atoms with E-state index >= 15 is 0 Å². The number of carbonyl (C=O) groups excluding carboxylic acids is 2. The van der Waals surface area contributed by atoms with Gasteiger partial charge in [-0.2, -0.15) is 0 Å². The van der Waals surface area contributed by atoms with Crippen molar-refractivity contribution < 1.29 is 19.1 Å². The Kier molecular flexibility index (Phi) is 5.03. The molecule has 6 heteroatoms. The van der Waals surface area contributed by atoms with Crippen LogP contribution >= 0.6 is 23.2 Å². The Balaban J connectivity index is 2.48. The van der Waals surface area contributed by atoms with Gasteiger partial charge >= 0.3 is 0 Å². The number of Topliss-reactive ketones (excluding diaryl/α,β-unsaturated/α-hetero) is 2. The lowest BCUT2D eigenvalue weighted by molar-refractivity contribution is -0.117. The fraction of sp³-hybridized carbons (Fsp3) is 0.500. The molecule has 0 aromatic heterocycles. The van der Waals surface area contributed by atoms with E-state index < -0.39 is 5.60 Å². The van der Waals surface area contributed by atoms with Crippen molar-refractivity contribution in [1.82, 2.24) is 0 Å². The topological polar surface area (TPSA) is 52.6 Å².